The molecule has 2 heterocycles. The highest BCUT2D eigenvalue weighted by molar-refractivity contribution is 6.22. The van der Waals surface area contributed by atoms with Gasteiger partial charge in [0.1, 0.15) is 5.82 Å². The van der Waals surface area contributed by atoms with Crippen molar-refractivity contribution < 1.29 is 14.0 Å². The Labute approximate surface area is 151 Å². The lowest BCUT2D eigenvalue weighted by atomic mass is 10.1. The van der Waals surface area contributed by atoms with Gasteiger partial charge < -0.3 is 4.90 Å². The Balaban J connectivity index is 1.44. The minimum atomic E-state index is -0.425. The van der Waals surface area contributed by atoms with E-state index in [1.54, 1.807) is 0 Å². The van der Waals surface area contributed by atoms with Gasteiger partial charge in [-0.15, -0.1) is 0 Å². The molecule has 26 heavy (non-hydrogen) atoms. The zero-order valence-corrected chi connectivity index (χ0v) is 14.3. The van der Waals surface area contributed by atoms with E-state index < -0.39 is 6.04 Å². The van der Waals surface area contributed by atoms with Crippen molar-refractivity contribution >= 4 is 23.2 Å². The molecule has 134 valence electrons. The van der Waals surface area contributed by atoms with Crippen molar-refractivity contribution in [1.82, 2.24) is 4.90 Å². The fourth-order valence-corrected chi connectivity index (χ4v) is 3.69. The minimum Gasteiger partial charge on any atom is -0.369 e. The van der Waals surface area contributed by atoms with Crippen LogP contribution in [0.1, 0.15) is 6.42 Å². The molecule has 0 radical (unpaired) electrons. The molecule has 2 aliphatic heterocycles. The van der Waals surface area contributed by atoms with Gasteiger partial charge in [-0.1, -0.05) is 18.2 Å². The first-order valence-electron chi connectivity index (χ1n) is 8.80. The third kappa shape index (κ3) is 3.08. The van der Waals surface area contributed by atoms with E-state index >= 15 is 0 Å². The van der Waals surface area contributed by atoms with E-state index in [2.05, 4.69) is 21.9 Å². The molecule has 0 aromatic heterocycles. The van der Waals surface area contributed by atoms with Gasteiger partial charge >= 0.3 is 0 Å². The largest absolute Gasteiger partial charge is 0.369 e. The van der Waals surface area contributed by atoms with Crippen molar-refractivity contribution in [2.24, 2.45) is 0 Å². The molecule has 0 N–H and O–H groups in total. The average Bonchev–Trinajstić information content (AvgIpc) is 2.98. The topological polar surface area (TPSA) is 43.9 Å². The summed E-state index contributed by atoms with van der Waals surface area (Å²) in [5.41, 5.74) is 1.61. The van der Waals surface area contributed by atoms with Gasteiger partial charge in [0.15, 0.2) is 0 Å². The Kier molecular flexibility index (Phi) is 4.42. The second-order valence-corrected chi connectivity index (χ2v) is 6.62. The molecular weight excluding hydrogens is 333 g/mol. The summed E-state index contributed by atoms with van der Waals surface area (Å²) < 4.78 is 13.1. The predicted octanol–water partition coefficient (Wildman–Crippen LogP) is 2.28. The number of halogens is 1. The predicted molar refractivity (Wildman–Crippen MR) is 97.5 cm³/mol. The summed E-state index contributed by atoms with van der Waals surface area (Å²) in [6.45, 7) is 3.10. The maximum absolute atomic E-state index is 13.1. The standard InChI is InChI=1S/C20H20FN3O2/c21-15-6-8-17(9-7-15)24-19(25)14-18(20(24)26)23-12-10-22(11-13-23)16-4-2-1-3-5-16/h1-9,18H,10-14H2. The molecule has 2 aromatic rings. The molecule has 2 saturated heterocycles. The van der Waals surface area contributed by atoms with Crippen LogP contribution in [0.15, 0.2) is 54.6 Å². The van der Waals surface area contributed by atoms with E-state index in [1.165, 1.54) is 34.9 Å². The second kappa shape index (κ2) is 6.88. The first-order valence-corrected chi connectivity index (χ1v) is 8.80. The molecule has 4 rings (SSSR count). The molecule has 1 unspecified atom stereocenters. The number of hydrogen-bond acceptors (Lipinski definition) is 4. The smallest absolute Gasteiger partial charge is 0.251 e. The van der Waals surface area contributed by atoms with Gasteiger partial charge in [0.2, 0.25) is 5.91 Å². The number of piperazine rings is 1. The van der Waals surface area contributed by atoms with Crippen LogP contribution in [0.25, 0.3) is 0 Å². The first-order chi connectivity index (χ1) is 12.6. The number of anilines is 2. The molecule has 1 atom stereocenters. The Morgan fingerprint density at radius 3 is 2.12 bits per heavy atom. The first kappa shape index (κ1) is 16.7. The fraction of sp³-hybridized carbons (Fsp3) is 0.300. The zero-order chi connectivity index (χ0) is 18.1. The Bertz CT molecular complexity index is 802. The Hall–Kier alpha value is -2.73. The average molecular weight is 353 g/mol. The van der Waals surface area contributed by atoms with Gasteiger partial charge in [0, 0.05) is 31.9 Å². The quantitative estimate of drug-likeness (QED) is 0.794. The molecule has 2 aromatic carbocycles. The molecule has 2 fully saturated rings. The van der Waals surface area contributed by atoms with E-state index in [-0.39, 0.29) is 24.1 Å². The number of amides is 2. The number of benzene rings is 2. The molecular formula is C20H20FN3O2. The number of carbonyl (C=O) groups is 2. The summed E-state index contributed by atoms with van der Waals surface area (Å²) in [4.78, 5) is 30.8. The second-order valence-electron chi connectivity index (χ2n) is 6.62. The van der Waals surface area contributed by atoms with E-state index in [0.29, 0.717) is 5.69 Å². The molecule has 2 amide bonds. The lowest BCUT2D eigenvalue weighted by Crippen LogP contribution is -2.52. The van der Waals surface area contributed by atoms with Crippen LogP contribution >= 0.6 is 0 Å². The van der Waals surface area contributed by atoms with Crippen molar-refractivity contribution in [3.05, 3.63) is 60.4 Å². The van der Waals surface area contributed by atoms with Crippen LogP contribution in [0.3, 0.4) is 0 Å². The van der Waals surface area contributed by atoms with E-state index in [9.17, 15) is 14.0 Å². The summed E-state index contributed by atoms with van der Waals surface area (Å²) in [7, 11) is 0. The zero-order valence-electron chi connectivity index (χ0n) is 14.3. The van der Waals surface area contributed by atoms with E-state index in [0.717, 1.165) is 26.2 Å². The normalized spacial score (nSPS) is 21.5. The number of nitrogens with zero attached hydrogens (tertiary/aromatic N) is 3. The summed E-state index contributed by atoms with van der Waals surface area (Å²) in [6, 6.07) is 15.2. The monoisotopic (exact) mass is 353 g/mol. The maximum Gasteiger partial charge on any atom is 0.251 e. The molecule has 0 saturated carbocycles. The van der Waals surface area contributed by atoms with Gasteiger partial charge in [-0.25, -0.2) is 9.29 Å². The van der Waals surface area contributed by atoms with Crippen LogP contribution < -0.4 is 9.80 Å². The summed E-state index contributed by atoms with van der Waals surface area (Å²) >= 11 is 0. The van der Waals surface area contributed by atoms with Gasteiger partial charge in [-0.05, 0) is 36.4 Å². The highest BCUT2D eigenvalue weighted by atomic mass is 19.1. The fourth-order valence-electron chi connectivity index (χ4n) is 3.69. The summed E-state index contributed by atoms with van der Waals surface area (Å²) in [5, 5.41) is 0. The van der Waals surface area contributed by atoms with Crippen LogP contribution in [0.5, 0.6) is 0 Å². The van der Waals surface area contributed by atoms with Crippen molar-refractivity contribution in [2.75, 3.05) is 36.0 Å². The highest BCUT2D eigenvalue weighted by Gasteiger charge is 2.43. The van der Waals surface area contributed by atoms with Gasteiger partial charge in [0.05, 0.1) is 18.2 Å². The molecule has 6 heteroatoms. The number of imide groups is 1. The van der Waals surface area contributed by atoms with E-state index in [4.69, 9.17) is 0 Å². The van der Waals surface area contributed by atoms with Crippen molar-refractivity contribution in [3.8, 4) is 0 Å². The van der Waals surface area contributed by atoms with Crippen LogP contribution in [0, 0.1) is 5.82 Å². The third-order valence-corrected chi connectivity index (χ3v) is 5.08. The summed E-state index contributed by atoms with van der Waals surface area (Å²) in [6.07, 6.45) is 0.182. The van der Waals surface area contributed by atoms with Crippen molar-refractivity contribution in [1.29, 1.82) is 0 Å². The number of rotatable bonds is 3. The minimum absolute atomic E-state index is 0.182. The van der Waals surface area contributed by atoms with Crippen LogP contribution in [-0.4, -0.2) is 48.9 Å². The number of hydrogen-bond donors (Lipinski definition) is 0. The number of para-hydroxylation sites is 1. The molecule has 0 spiro atoms. The van der Waals surface area contributed by atoms with Crippen LogP contribution in [-0.2, 0) is 9.59 Å². The lowest BCUT2D eigenvalue weighted by Gasteiger charge is -2.38. The number of carbonyl (C=O) groups excluding carboxylic acids is 2. The summed E-state index contributed by atoms with van der Waals surface area (Å²) in [5.74, 6) is -0.826. The van der Waals surface area contributed by atoms with Crippen LogP contribution in [0.2, 0.25) is 0 Å². The van der Waals surface area contributed by atoms with E-state index in [1.807, 2.05) is 18.2 Å². The molecule has 0 bridgehead atoms. The van der Waals surface area contributed by atoms with Gasteiger partial charge in [-0.3, -0.25) is 14.5 Å². The third-order valence-electron chi connectivity index (χ3n) is 5.08. The molecule has 5 nitrogen and oxygen atoms in total. The maximum atomic E-state index is 13.1. The molecule has 2 aliphatic rings. The van der Waals surface area contributed by atoms with Crippen molar-refractivity contribution in [2.45, 2.75) is 12.5 Å². The Morgan fingerprint density at radius 2 is 1.46 bits per heavy atom. The van der Waals surface area contributed by atoms with Crippen LogP contribution in [0.4, 0.5) is 15.8 Å². The Morgan fingerprint density at radius 1 is 0.808 bits per heavy atom. The highest BCUT2D eigenvalue weighted by Crippen LogP contribution is 2.27. The van der Waals surface area contributed by atoms with Gasteiger partial charge in [-0.2, -0.15) is 0 Å². The van der Waals surface area contributed by atoms with Crippen molar-refractivity contribution in [3.63, 3.8) is 0 Å². The lowest BCUT2D eigenvalue weighted by molar-refractivity contribution is -0.123. The van der Waals surface area contributed by atoms with Gasteiger partial charge in [0.25, 0.3) is 5.91 Å². The SMILES string of the molecule is O=C1CC(N2CCN(c3ccccc3)CC2)C(=O)N1c1ccc(F)cc1. The molecule has 0 aliphatic carbocycles.